The fourth-order valence-electron chi connectivity index (χ4n) is 2.54. The standard InChI is InChI=1S/C17H19N3O2S/c21-10-9-19(12-14-4-2-1-3-5-14)7-8-20-13-18-15-6-11-23-16(15)17(20)22/h1-6,11,13,21H,7-10,12H2. The molecule has 2 heterocycles. The molecule has 6 heteroatoms. The average Bonchev–Trinajstić information content (AvgIpc) is 3.05. The van der Waals surface area contributed by atoms with Gasteiger partial charge in [-0.15, -0.1) is 11.3 Å². The van der Waals surface area contributed by atoms with E-state index in [1.54, 1.807) is 10.9 Å². The van der Waals surface area contributed by atoms with E-state index in [9.17, 15) is 9.90 Å². The van der Waals surface area contributed by atoms with E-state index in [0.717, 1.165) is 12.1 Å². The third-order valence-electron chi connectivity index (χ3n) is 3.76. The molecule has 0 atom stereocenters. The van der Waals surface area contributed by atoms with Crippen molar-refractivity contribution in [3.8, 4) is 0 Å². The van der Waals surface area contributed by atoms with Gasteiger partial charge in [-0.2, -0.15) is 0 Å². The number of aliphatic hydroxyl groups excluding tert-OH is 1. The van der Waals surface area contributed by atoms with Crippen LogP contribution in [0.5, 0.6) is 0 Å². The van der Waals surface area contributed by atoms with Crippen LogP contribution in [0.25, 0.3) is 10.2 Å². The van der Waals surface area contributed by atoms with Crippen molar-refractivity contribution >= 4 is 21.6 Å². The van der Waals surface area contributed by atoms with Crippen molar-refractivity contribution in [2.24, 2.45) is 0 Å². The van der Waals surface area contributed by atoms with E-state index in [1.807, 2.05) is 29.6 Å². The lowest BCUT2D eigenvalue weighted by Crippen LogP contribution is -2.32. The molecule has 2 aromatic heterocycles. The Hall–Kier alpha value is -2.02. The number of aromatic nitrogens is 2. The lowest BCUT2D eigenvalue weighted by Gasteiger charge is -2.21. The van der Waals surface area contributed by atoms with Gasteiger partial charge in [-0.25, -0.2) is 4.98 Å². The highest BCUT2D eigenvalue weighted by Crippen LogP contribution is 2.13. The minimum Gasteiger partial charge on any atom is -0.395 e. The molecular formula is C17H19N3O2S. The molecular weight excluding hydrogens is 310 g/mol. The average molecular weight is 329 g/mol. The van der Waals surface area contributed by atoms with Crippen LogP contribution < -0.4 is 5.56 Å². The Morgan fingerprint density at radius 2 is 2.00 bits per heavy atom. The quantitative estimate of drug-likeness (QED) is 0.720. The van der Waals surface area contributed by atoms with Crippen LogP contribution in [-0.2, 0) is 13.1 Å². The molecule has 0 aliphatic heterocycles. The highest BCUT2D eigenvalue weighted by atomic mass is 32.1. The van der Waals surface area contributed by atoms with Crippen molar-refractivity contribution in [2.75, 3.05) is 19.7 Å². The van der Waals surface area contributed by atoms with Crippen LogP contribution in [0.2, 0.25) is 0 Å². The Kier molecular flexibility index (Phi) is 5.17. The number of aliphatic hydroxyl groups is 1. The second-order valence-electron chi connectivity index (χ2n) is 5.36. The van der Waals surface area contributed by atoms with Gasteiger partial charge >= 0.3 is 0 Å². The Morgan fingerprint density at radius 3 is 2.78 bits per heavy atom. The van der Waals surface area contributed by atoms with Gasteiger partial charge in [-0.1, -0.05) is 30.3 Å². The molecule has 0 radical (unpaired) electrons. The van der Waals surface area contributed by atoms with E-state index in [1.165, 1.54) is 16.9 Å². The molecule has 1 aromatic carbocycles. The first-order valence-electron chi connectivity index (χ1n) is 7.57. The molecule has 0 amide bonds. The first-order chi connectivity index (χ1) is 11.3. The maximum absolute atomic E-state index is 12.4. The van der Waals surface area contributed by atoms with E-state index < -0.39 is 0 Å². The van der Waals surface area contributed by atoms with Gasteiger partial charge in [-0.3, -0.25) is 14.3 Å². The second-order valence-corrected chi connectivity index (χ2v) is 6.28. The summed E-state index contributed by atoms with van der Waals surface area (Å²) in [6.07, 6.45) is 1.61. The molecule has 0 aliphatic rings. The van der Waals surface area contributed by atoms with Crippen LogP contribution in [0, 0.1) is 0 Å². The zero-order valence-electron chi connectivity index (χ0n) is 12.8. The molecule has 0 bridgehead atoms. The number of nitrogens with zero attached hydrogens (tertiary/aromatic N) is 3. The van der Waals surface area contributed by atoms with Gasteiger partial charge in [-0.05, 0) is 17.0 Å². The van der Waals surface area contributed by atoms with E-state index in [4.69, 9.17) is 0 Å². The summed E-state index contributed by atoms with van der Waals surface area (Å²) in [4.78, 5) is 18.8. The second kappa shape index (κ2) is 7.50. The zero-order valence-corrected chi connectivity index (χ0v) is 13.6. The van der Waals surface area contributed by atoms with Crippen LogP contribution in [-0.4, -0.2) is 39.3 Å². The summed E-state index contributed by atoms with van der Waals surface area (Å²) in [6, 6.07) is 12.0. The normalized spacial score (nSPS) is 11.4. The molecule has 0 aliphatic carbocycles. The third kappa shape index (κ3) is 3.85. The summed E-state index contributed by atoms with van der Waals surface area (Å²) in [5, 5.41) is 11.1. The molecule has 0 saturated heterocycles. The monoisotopic (exact) mass is 329 g/mol. The lowest BCUT2D eigenvalue weighted by atomic mass is 10.2. The van der Waals surface area contributed by atoms with Crippen LogP contribution in [0.4, 0.5) is 0 Å². The summed E-state index contributed by atoms with van der Waals surface area (Å²) in [7, 11) is 0. The Labute approximate surface area is 138 Å². The Balaban J connectivity index is 1.70. The fraction of sp³-hybridized carbons (Fsp3) is 0.294. The summed E-state index contributed by atoms with van der Waals surface area (Å²) >= 11 is 1.43. The first kappa shape index (κ1) is 15.9. The molecule has 23 heavy (non-hydrogen) atoms. The predicted octanol–water partition coefficient (Wildman–Crippen LogP) is 1.95. The summed E-state index contributed by atoms with van der Waals surface area (Å²) in [5.74, 6) is 0. The number of hydrogen-bond donors (Lipinski definition) is 1. The van der Waals surface area contributed by atoms with Gasteiger partial charge in [0.25, 0.3) is 5.56 Å². The van der Waals surface area contributed by atoms with E-state index in [-0.39, 0.29) is 12.2 Å². The van der Waals surface area contributed by atoms with Gasteiger partial charge in [0.1, 0.15) is 4.70 Å². The van der Waals surface area contributed by atoms with E-state index >= 15 is 0 Å². The van der Waals surface area contributed by atoms with Crippen molar-refractivity contribution in [3.05, 3.63) is 64.0 Å². The Morgan fingerprint density at radius 1 is 1.17 bits per heavy atom. The Bertz CT molecular complexity index is 813. The van der Waals surface area contributed by atoms with Crippen LogP contribution in [0.3, 0.4) is 0 Å². The minimum atomic E-state index is 0.00802. The van der Waals surface area contributed by atoms with Crippen molar-refractivity contribution in [2.45, 2.75) is 13.1 Å². The van der Waals surface area contributed by atoms with Gasteiger partial charge in [0.05, 0.1) is 18.5 Å². The third-order valence-corrected chi connectivity index (χ3v) is 4.65. The van der Waals surface area contributed by atoms with Crippen molar-refractivity contribution in [1.29, 1.82) is 0 Å². The molecule has 0 fully saturated rings. The smallest absolute Gasteiger partial charge is 0.271 e. The van der Waals surface area contributed by atoms with E-state index in [2.05, 4.69) is 22.0 Å². The van der Waals surface area contributed by atoms with Gasteiger partial charge < -0.3 is 5.11 Å². The SMILES string of the molecule is O=c1c2sccc2ncn1CCN(CCO)Cc1ccccc1. The molecule has 0 saturated carbocycles. The van der Waals surface area contributed by atoms with Crippen molar-refractivity contribution in [1.82, 2.24) is 14.5 Å². The van der Waals surface area contributed by atoms with Crippen LogP contribution >= 0.6 is 11.3 Å². The highest BCUT2D eigenvalue weighted by molar-refractivity contribution is 7.17. The molecule has 0 spiro atoms. The van der Waals surface area contributed by atoms with Gasteiger partial charge in [0, 0.05) is 26.2 Å². The molecule has 3 aromatic rings. The number of benzene rings is 1. The van der Waals surface area contributed by atoms with Crippen LogP contribution in [0.15, 0.2) is 52.9 Å². The molecule has 3 rings (SSSR count). The topological polar surface area (TPSA) is 58.4 Å². The molecule has 120 valence electrons. The summed E-state index contributed by atoms with van der Waals surface area (Å²) < 4.78 is 2.35. The summed E-state index contributed by atoms with van der Waals surface area (Å²) in [5.41, 5.74) is 1.96. The first-order valence-corrected chi connectivity index (χ1v) is 8.45. The van der Waals surface area contributed by atoms with Crippen molar-refractivity contribution in [3.63, 3.8) is 0 Å². The minimum absolute atomic E-state index is 0.00802. The fourth-order valence-corrected chi connectivity index (χ4v) is 3.33. The molecule has 5 nitrogen and oxygen atoms in total. The number of hydrogen-bond acceptors (Lipinski definition) is 5. The maximum atomic E-state index is 12.4. The number of fused-ring (bicyclic) bond motifs is 1. The number of rotatable bonds is 7. The molecule has 0 unspecified atom stereocenters. The van der Waals surface area contributed by atoms with Crippen molar-refractivity contribution < 1.29 is 5.11 Å². The van der Waals surface area contributed by atoms with Crippen LogP contribution in [0.1, 0.15) is 5.56 Å². The maximum Gasteiger partial charge on any atom is 0.271 e. The summed E-state index contributed by atoms with van der Waals surface area (Å²) in [6.45, 7) is 2.69. The van der Waals surface area contributed by atoms with Gasteiger partial charge in [0.2, 0.25) is 0 Å². The number of thiophene rings is 1. The largest absolute Gasteiger partial charge is 0.395 e. The predicted molar refractivity (Wildman–Crippen MR) is 92.7 cm³/mol. The highest BCUT2D eigenvalue weighted by Gasteiger charge is 2.09. The molecule has 1 N–H and O–H groups in total. The van der Waals surface area contributed by atoms with E-state index in [0.29, 0.717) is 24.3 Å². The van der Waals surface area contributed by atoms with Gasteiger partial charge in [0.15, 0.2) is 0 Å². The lowest BCUT2D eigenvalue weighted by molar-refractivity contribution is 0.185. The zero-order chi connectivity index (χ0) is 16.1.